The van der Waals surface area contributed by atoms with E-state index in [9.17, 15) is 4.39 Å². The Morgan fingerprint density at radius 2 is 2.27 bits per heavy atom. The first-order valence-electron chi connectivity index (χ1n) is 3.65. The fourth-order valence-corrected chi connectivity index (χ4v) is 1.05. The first kappa shape index (κ1) is 8.05. The van der Waals surface area contributed by atoms with Crippen molar-refractivity contribution in [2.24, 2.45) is 0 Å². The molecule has 0 aliphatic heterocycles. The van der Waals surface area contributed by atoms with E-state index in [1.54, 1.807) is 7.05 Å². The molecule has 0 aromatic rings. The molecule has 0 saturated carbocycles. The maximum Gasteiger partial charge on any atom is 0.124 e. The summed E-state index contributed by atoms with van der Waals surface area (Å²) in [5.74, 6) is -0.189. The van der Waals surface area contributed by atoms with Crippen molar-refractivity contribution in [2.45, 2.75) is 13.3 Å². The van der Waals surface area contributed by atoms with Crippen LogP contribution in [0.25, 0.3) is 0 Å². The van der Waals surface area contributed by atoms with Crippen molar-refractivity contribution < 1.29 is 4.39 Å². The minimum atomic E-state index is -0.189. The Kier molecular flexibility index (Phi) is 2.47. The van der Waals surface area contributed by atoms with E-state index >= 15 is 0 Å². The van der Waals surface area contributed by atoms with Crippen LogP contribution in [0.5, 0.6) is 0 Å². The van der Waals surface area contributed by atoms with Crippen molar-refractivity contribution in [3.05, 3.63) is 35.3 Å². The zero-order chi connectivity index (χ0) is 8.27. The van der Waals surface area contributed by atoms with Crippen molar-refractivity contribution in [2.75, 3.05) is 7.05 Å². The first-order valence-corrected chi connectivity index (χ1v) is 3.65. The number of rotatable bonds is 1. The van der Waals surface area contributed by atoms with Gasteiger partial charge in [0.05, 0.1) is 0 Å². The standard InChI is InChI=1S/C9H12FN/c1-7-4-3-5-8(10)6-9(7)11-2/h3,5-6,11H,4H2,1-2H3. The van der Waals surface area contributed by atoms with Gasteiger partial charge in [-0.3, -0.25) is 0 Å². The van der Waals surface area contributed by atoms with Gasteiger partial charge in [-0.05, 0) is 31.1 Å². The van der Waals surface area contributed by atoms with Crippen molar-refractivity contribution in [1.29, 1.82) is 0 Å². The zero-order valence-corrected chi connectivity index (χ0v) is 6.82. The molecular weight excluding hydrogens is 141 g/mol. The van der Waals surface area contributed by atoms with Gasteiger partial charge in [0.1, 0.15) is 5.83 Å². The van der Waals surface area contributed by atoms with Crippen LogP contribution in [0.1, 0.15) is 13.3 Å². The number of hydrogen-bond donors (Lipinski definition) is 1. The summed E-state index contributed by atoms with van der Waals surface area (Å²) < 4.78 is 12.8. The van der Waals surface area contributed by atoms with Gasteiger partial charge in [-0.2, -0.15) is 0 Å². The van der Waals surface area contributed by atoms with E-state index in [0.29, 0.717) is 0 Å². The topological polar surface area (TPSA) is 12.0 Å². The third kappa shape index (κ3) is 1.93. The van der Waals surface area contributed by atoms with Crippen LogP contribution in [0, 0.1) is 0 Å². The average molecular weight is 153 g/mol. The monoisotopic (exact) mass is 153 g/mol. The average Bonchev–Trinajstić information content (AvgIpc) is 2.13. The van der Waals surface area contributed by atoms with Crippen LogP contribution >= 0.6 is 0 Å². The second-order valence-corrected chi connectivity index (χ2v) is 2.58. The molecule has 1 nitrogen and oxygen atoms in total. The molecule has 2 heteroatoms. The molecule has 1 aliphatic rings. The summed E-state index contributed by atoms with van der Waals surface area (Å²) in [4.78, 5) is 0. The third-order valence-corrected chi connectivity index (χ3v) is 1.71. The van der Waals surface area contributed by atoms with Crippen LogP contribution < -0.4 is 5.32 Å². The number of nitrogens with one attached hydrogen (secondary N) is 1. The van der Waals surface area contributed by atoms with Crippen LogP contribution in [0.2, 0.25) is 0 Å². The molecule has 0 fully saturated rings. The molecular formula is C9H12FN. The van der Waals surface area contributed by atoms with E-state index < -0.39 is 0 Å². The van der Waals surface area contributed by atoms with E-state index in [-0.39, 0.29) is 5.83 Å². The Balaban J connectivity index is 2.95. The molecule has 0 saturated heterocycles. The number of halogens is 1. The smallest absolute Gasteiger partial charge is 0.124 e. The molecule has 0 spiro atoms. The molecule has 0 heterocycles. The van der Waals surface area contributed by atoms with Crippen molar-refractivity contribution >= 4 is 0 Å². The summed E-state index contributed by atoms with van der Waals surface area (Å²) in [6.45, 7) is 1.99. The fraction of sp³-hybridized carbons (Fsp3) is 0.333. The molecule has 1 aliphatic carbocycles. The van der Waals surface area contributed by atoms with E-state index in [1.807, 2.05) is 13.0 Å². The molecule has 0 bridgehead atoms. The minimum Gasteiger partial charge on any atom is -0.388 e. The molecule has 0 amide bonds. The highest BCUT2D eigenvalue weighted by Gasteiger charge is 2.01. The summed E-state index contributed by atoms with van der Waals surface area (Å²) in [5, 5.41) is 2.95. The summed E-state index contributed by atoms with van der Waals surface area (Å²) in [6.07, 6.45) is 5.65. The molecule has 0 aromatic heterocycles. The summed E-state index contributed by atoms with van der Waals surface area (Å²) in [5.41, 5.74) is 2.05. The Labute approximate surface area is 66.3 Å². The normalized spacial score (nSPS) is 17.9. The lowest BCUT2D eigenvalue weighted by atomic mass is 10.2. The van der Waals surface area contributed by atoms with Crippen molar-refractivity contribution in [3.8, 4) is 0 Å². The second-order valence-electron chi connectivity index (χ2n) is 2.58. The van der Waals surface area contributed by atoms with Gasteiger partial charge in [0.15, 0.2) is 0 Å². The Morgan fingerprint density at radius 3 is 2.91 bits per heavy atom. The SMILES string of the molecule is CNC1=C(C)CC=CC(F)=C1. The van der Waals surface area contributed by atoms with Gasteiger partial charge in [0, 0.05) is 12.7 Å². The summed E-state index contributed by atoms with van der Waals surface area (Å²) >= 11 is 0. The van der Waals surface area contributed by atoms with Crippen molar-refractivity contribution in [1.82, 2.24) is 5.32 Å². The van der Waals surface area contributed by atoms with E-state index in [2.05, 4.69) is 5.32 Å². The van der Waals surface area contributed by atoms with Crippen LogP contribution in [-0.2, 0) is 0 Å². The van der Waals surface area contributed by atoms with Gasteiger partial charge in [-0.25, -0.2) is 4.39 Å². The highest BCUT2D eigenvalue weighted by atomic mass is 19.1. The van der Waals surface area contributed by atoms with Crippen LogP contribution in [0.4, 0.5) is 4.39 Å². The lowest BCUT2D eigenvalue weighted by Crippen LogP contribution is -2.05. The molecule has 0 unspecified atom stereocenters. The van der Waals surface area contributed by atoms with Gasteiger partial charge in [-0.15, -0.1) is 0 Å². The van der Waals surface area contributed by atoms with Gasteiger partial charge in [0.25, 0.3) is 0 Å². The molecule has 1 N–H and O–H groups in total. The predicted molar refractivity (Wildman–Crippen MR) is 44.7 cm³/mol. The number of allylic oxidation sites excluding steroid dienone is 5. The lowest BCUT2D eigenvalue weighted by Gasteiger charge is -2.03. The van der Waals surface area contributed by atoms with Gasteiger partial charge < -0.3 is 5.32 Å². The Hall–Kier alpha value is -1.05. The molecule has 0 aromatic carbocycles. The minimum absolute atomic E-state index is 0.189. The first-order chi connectivity index (χ1) is 5.24. The molecule has 0 radical (unpaired) electrons. The maximum absolute atomic E-state index is 12.8. The highest BCUT2D eigenvalue weighted by molar-refractivity contribution is 5.32. The predicted octanol–water partition coefficient (Wildman–Crippen LogP) is 2.29. The Morgan fingerprint density at radius 1 is 1.55 bits per heavy atom. The van der Waals surface area contributed by atoms with Crippen LogP contribution in [0.3, 0.4) is 0 Å². The van der Waals surface area contributed by atoms with E-state index in [1.165, 1.54) is 12.2 Å². The maximum atomic E-state index is 12.8. The summed E-state index contributed by atoms with van der Waals surface area (Å²) in [7, 11) is 1.80. The second kappa shape index (κ2) is 3.37. The largest absolute Gasteiger partial charge is 0.388 e. The van der Waals surface area contributed by atoms with Crippen molar-refractivity contribution in [3.63, 3.8) is 0 Å². The van der Waals surface area contributed by atoms with E-state index in [4.69, 9.17) is 0 Å². The van der Waals surface area contributed by atoms with E-state index in [0.717, 1.165) is 17.7 Å². The molecule has 1 rings (SSSR count). The van der Waals surface area contributed by atoms with Crippen LogP contribution in [0.15, 0.2) is 35.3 Å². The Bertz CT molecular complexity index is 236. The fourth-order valence-electron chi connectivity index (χ4n) is 1.05. The summed E-state index contributed by atoms with van der Waals surface area (Å²) in [6, 6.07) is 0. The van der Waals surface area contributed by atoms with Gasteiger partial charge in [-0.1, -0.05) is 6.08 Å². The molecule has 11 heavy (non-hydrogen) atoms. The quantitative estimate of drug-likeness (QED) is 0.609. The lowest BCUT2D eigenvalue weighted by molar-refractivity contribution is 0.664. The molecule has 60 valence electrons. The zero-order valence-electron chi connectivity index (χ0n) is 6.82. The highest BCUT2D eigenvalue weighted by Crippen LogP contribution is 2.15. The van der Waals surface area contributed by atoms with Gasteiger partial charge >= 0.3 is 0 Å². The molecule has 0 atom stereocenters. The number of hydrogen-bond acceptors (Lipinski definition) is 1. The van der Waals surface area contributed by atoms with Crippen LogP contribution in [-0.4, -0.2) is 7.05 Å². The third-order valence-electron chi connectivity index (χ3n) is 1.71. The number of likely N-dealkylation sites (N-methyl/N-ethyl adjacent to an activating group) is 1. The van der Waals surface area contributed by atoms with Gasteiger partial charge in [0.2, 0.25) is 0 Å².